The molecule has 142 valence electrons. The van der Waals surface area contributed by atoms with E-state index in [4.69, 9.17) is 17.1 Å². The summed E-state index contributed by atoms with van der Waals surface area (Å²) in [6.45, 7) is 26.0. The molecule has 0 aliphatic carbocycles. The van der Waals surface area contributed by atoms with Gasteiger partial charge in [0.25, 0.3) is 0 Å². The number of hydrogen-bond donors (Lipinski definition) is 0. The Balaban J connectivity index is 5.94. The van der Waals surface area contributed by atoms with Gasteiger partial charge in [-0.3, -0.25) is 0 Å². The zero-order valence-corrected chi connectivity index (χ0v) is 21.3. The maximum absolute atomic E-state index is 12.1. The molecule has 0 amide bonds. The molecule has 0 aromatic carbocycles. The number of ether oxygens (including phenoxy) is 1. The molecule has 0 aliphatic heterocycles. The monoisotopic (exact) mass is 408 g/mol. The third-order valence-corrected chi connectivity index (χ3v) is 14.4. The molecule has 0 saturated heterocycles. The average Bonchev–Trinajstić information content (AvgIpc) is 2.20. The van der Waals surface area contributed by atoms with Crippen LogP contribution in [-0.2, 0) is 21.9 Å². The predicted molar refractivity (Wildman–Crippen MR) is 109 cm³/mol. The molecule has 0 bridgehead atoms. The first kappa shape index (κ1) is 24.0. The summed E-state index contributed by atoms with van der Waals surface area (Å²) in [4.78, 5) is 12.1. The van der Waals surface area contributed by atoms with Crippen molar-refractivity contribution in [2.24, 2.45) is 0 Å². The minimum atomic E-state index is -3.21. The maximum atomic E-state index is 12.1. The lowest BCUT2D eigenvalue weighted by atomic mass is 10.4. The van der Waals surface area contributed by atoms with Crippen molar-refractivity contribution in [3.8, 4) is 0 Å². The van der Waals surface area contributed by atoms with Crippen LogP contribution in [0.15, 0.2) is 12.2 Å². The van der Waals surface area contributed by atoms with Crippen LogP contribution in [0.2, 0.25) is 58.9 Å². The topological polar surface area (TPSA) is 54.0 Å². The molecule has 1 atom stereocenters. The van der Waals surface area contributed by atoms with Crippen LogP contribution in [0.25, 0.3) is 0 Å². The fourth-order valence-electron chi connectivity index (χ4n) is 1.93. The van der Waals surface area contributed by atoms with Gasteiger partial charge in [0.2, 0.25) is 0 Å². The van der Waals surface area contributed by atoms with Crippen molar-refractivity contribution < 1.29 is 21.9 Å². The molecule has 0 aliphatic rings. The third-order valence-electron chi connectivity index (χ3n) is 2.48. The Labute approximate surface area is 152 Å². The van der Waals surface area contributed by atoms with Gasteiger partial charge < -0.3 is 17.1 Å². The van der Waals surface area contributed by atoms with E-state index in [1.165, 1.54) is 0 Å². The van der Waals surface area contributed by atoms with Crippen LogP contribution in [-0.4, -0.2) is 45.5 Å². The summed E-state index contributed by atoms with van der Waals surface area (Å²) in [6.07, 6.45) is 0. The van der Waals surface area contributed by atoms with Gasteiger partial charge in [-0.1, -0.05) is 6.58 Å². The van der Waals surface area contributed by atoms with Crippen LogP contribution < -0.4 is 0 Å². The Morgan fingerprint density at radius 1 is 0.792 bits per heavy atom. The smallest absolute Gasteiger partial charge is 0.455 e. The van der Waals surface area contributed by atoms with Gasteiger partial charge in [0.15, 0.2) is 30.7 Å². The molecule has 0 rings (SSSR count). The lowest BCUT2D eigenvalue weighted by Crippen LogP contribution is -2.67. The standard InChI is InChI=1S/C15H36O5Si4/c1-13(2)15(16)17-14(3)24(18-21(4,5)6,19-22(7,8)9)20-23(10,11)12/h14H,1H2,2-12H3. The van der Waals surface area contributed by atoms with Crippen molar-refractivity contribution in [1.29, 1.82) is 0 Å². The minimum Gasteiger partial charge on any atom is -0.455 e. The highest BCUT2D eigenvalue weighted by molar-refractivity contribution is 6.90. The molecular formula is C15H36O5Si4. The third kappa shape index (κ3) is 9.44. The minimum absolute atomic E-state index is 0.360. The van der Waals surface area contributed by atoms with E-state index in [0.29, 0.717) is 5.57 Å². The van der Waals surface area contributed by atoms with Crippen molar-refractivity contribution in [2.75, 3.05) is 0 Å². The lowest BCUT2D eigenvalue weighted by Gasteiger charge is -2.44. The molecule has 9 heteroatoms. The zero-order chi connectivity index (χ0) is 19.6. The fraction of sp³-hybridized carbons (Fsp3) is 0.800. The van der Waals surface area contributed by atoms with E-state index in [2.05, 4.69) is 65.5 Å². The second-order valence-electron chi connectivity index (χ2n) is 9.07. The molecule has 0 saturated carbocycles. The van der Waals surface area contributed by atoms with Gasteiger partial charge in [-0.2, -0.15) is 0 Å². The summed E-state index contributed by atoms with van der Waals surface area (Å²) < 4.78 is 25.2. The van der Waals surface area contributed by atoms with Crippen molar-refractivity contribution >= 4 is 39.7 Å². The largest absolute Gasteiger partial charge is 0.512 e. The van der Waals surface area contributed by atoms with E-state index in [9.17, 15) is 4.79 Å². The maximum Gasteiger partial charge on any atom is 0.512 e. The summed E-state index contributed by atoms with van der Waals surface area (Å²) in [5.41, 5.74) is -0.203. The first-order valence-corrected chi connectivity index (χ1v) is 20.4. The second kappa shape index (κ2) is 8.10. The van der Waals surface area contributed by atoms with Crippen molar-refractivity contribution in [3.63, 3.8) is 0 Å². The highest BCUT2D eigenvalue weighted by atomic mass is 28.5. The quantitative estimate of drug-likeness (QED) is 0.319. The van der Waals surface area contributed by atoms with Gasteiger partial charge in [0.1, 0.15) is 0 Å². The molecule has 0 aromatic rings. The highest BCUT2D eigenvalue weighted by Gasteiger charge is 2.56. The SMILES string of the molecule is C=C(C)C(=O)OC(C)[Si](O[Si](C)(C)C)(O[Si](C)(C)C)O[Si](C)(C)C. The van der Waals surface area contributed by atoms with Crippen molar-refractivity contribution in [3.05, 3.63) is 12.2 Å². The molecule has 0 fully saturated rings. The molecular weight excluding hydrogens is 373 g/mol. The average molecular weight is 409 g/mol. The van der Waals surface area contributed by atoms with E-state index in [1.54, 1.807) is 6.92 Å². The Bertz CT molecular complexity index is 419. The highest BCUT2D eigenvalue weighted by Crippen LogP contribution is 2.30. The van der Waals surface area contributed by atoms with Crippen LogP contribution in [0.3, 0.4) is 0 Å². The molecule has 0 radical (unpaired) electrons. The van der Waals surface area contributed by atoms with Gasteiger partial charge in [-0.15, -0.1) is 0 Å². The van der Waals surface area contributed by atoms with E-state index < -0.39 is 45.5 Å². The molecule has 0 spiro atoms. The van der Waals surface area contributed by atoms with Crippen LogP contribution in [0.1, 0.15) is 13.8 Å². The summed E-state index contributed by atoms with van der Waals surface area (Å²) in [5, 5.41) is 0. The van der Waals surface area contributed by atoms with Gasteiger partial charge in [0.05, 0.1) is 0 Å². The van der Waals surface area contributed by atoms with E-state index in [0.717, 1.165) is 0 Å². The number of rotatable bonds is 9. The van der Waals surface area contributed by atoms with Gasteiger partial charge in [-0.05, 0) is 72.8 Å². The molecule has 24 heavy (non-hydrogen) atoms. The van der Waals surface area contributed by atoms with Gasteiger partial charge >= 0.3 is 14.8 Å². The normalized spacial score (nSPS) is 15.1. The molecule has 1 unspecified atom stereocenters. The van der Waals surface area contributed by atoms with Gasteiger partial charge in [-0.25, -0.2) is 4.79 Å². The Morgan fingerprint density at radius 2 is 1.08 bits per heavy atom. The molecule has 0 heterocycles. The summed E-state index contributed by atoms with van der Waals surface area (Å²) in [5.74, 6) is -0.433. The lowest BCUT2D eigenvalue weighted by molar-refractivity contribution is -0.142. The van der Waals surface area contributed by atoms with E-state index in [-0.39, 0.29) is 0 Å². The van der Waals surface area contributed by atoms with E-state index >= 15 is 0 Å². The molecule has 5 nitrogen and oxygen atoms in total. The number of hydrogen-bond acceptors (Lipinski definition) is 5. The first-order valence-electron chi connectivity index (χ1n) is 8.34. The number of esters is 1. The second-order valence-corrected chi connectivity index (χ2v) is 26.2. The predicted octanol–water partition coefficient (Wildman–Crippen LogP) is 4.53. The van der Waals surface area contributed by atoms with Crippen LogP contribution >= 0.6 is 0 Å². The summed E-state index contributed by atoms with van der Waals surface area (Å²) in [6, 6.07) is 0. The molecule has 0 N–H and O–H groups in total. The Morgan fingerprint density at radius 3 is 1.29 bits per heavy atom. The van der Waals surface area contributed by atoms with E-state index in [1.807, 2.05) is 6.92 Å². The number of carbonyl (C=O) groups excluding carboxylic acids is 1. The number of carbonyl (C=O) groups is 1. The fourth-order valence-corrected chi connectivity index (χ4v) is 16.0. The van der Waals surface area contributed by atoms with Crippen LogP contribution in [0.4, 0.5) is 0 Å². The Hall–Kier alpha value is -0.0425. The zero-order valence-electron chi connectivity index (χ0n) is 17.3. The van der Waals surface area contributed by atoms with Crippen LogP contribution in [0, 0.1) is 0 Å². The van der Waals surface area contributed by atoms with Crippen molar-refractivity contribution in [2.45, 2.75) is 78.5 Å². The van der Waals surface area contributed by atoms with Crippen LogP contribution in [0.5, 0.6) is 0 Å². The summed E-state index contributed by atoms with van der Waals surface area (Å²) in [7, 11) is -9.18. The van der Waals surface area contributed by atoms with Gasteiger partial charge in [0, 0.05) is 5.57 Å². The summed E-state index contributed by atoms with van der Waals surface area (Å²) >= 11 is 0. The molecule has 0 aromatic heterocycles. The van der Waals surface area contributed by atoms with Crippen molar-refractivity contribution in [1.82, 2.24) is 0 Å². The Kier molecular flexibility index (Phi) is 8.09. The first-order chi connectivity index (χ1) is 10.4.